The summed E-state index contributed by atoms with van der Waals surface area (Å²) in [4.78, 5) is 46.1. The number of carboxylic acid groups (broad SMARTS) is 1. The number of halogens is 1. The molecule has 104 valence electrons. The standard InChI is InChI=1S/C11H13BrN2O5/c1-3-7(10(17)18)14-8(4-12)6(5-15)9(16)13(2)11(14)19/h5,7H,3-4H2,1-2H3,(H,17,18). The van der Waals surface area contributed by atoms with Crippen molar-refractivity contribution in [1.82, 2.24) is 9.13 Å². The third-order valence-corrected chi connectivity index (χ3v) is 3.39. The summed E-state index contributed by atoms with van der Waals surface area (Å²) in [6.45, 7) is 1.61. The average Bonchev–Trinajstić information content (AvgIpc) is 2.38. The molecule has 0 aromatic carbocycles. The molecule has 0 spiro atoms. The monoisotopic (exact) mass is 332 g/mol. The van der Waals surface area contributed by atoms with Crippen molar-refractivity contribution < 1.29 is 14.7 Å². The van der Waals surface area contributed by atoms with Gasteiger partial charge in [-0.05, 0) is 6.42 Å². The van der Waals surface area contributed by atoms with E-state index < -0.39 is 23.3 Å². The van der Waals surface area contributed by atoms with E-state index in [1.807, 2.05) is 0 Å². The molecule has 8 heteroatoms. The number of rotatable bonds is 5. The van der Waals surface area contributed by atoms with Gasteiger partial charge in [0.2, 0.25) is 0 Å². The third kappa shape index (κ3) is 2.53. The lowest BCUT2D eigenvalue weighted by Crippen LogP contribution is -2.44. The topological polar surface area (TPSA) is 98.4 Å². The molecule has 0 aliphatic carbocycles. The SMILES string of the molecule is CCC(C(=O)O)n1c(CBr)c(C=O)c(=O)n(C)c1=O. The van der Waals surface area contributed by atoms with Crippen LogP contribution in [-0.4, -0.2) is 26.5 Å². The summed E-state index contributed by atoms with van der Waals surface area (Å²) in [5, 5.41) is 9.18. The second-order valence-electron chi connectivity index (χ2n) is 3.89. The van der Waals surface area contributed by atoms with Crippen molar-refractivity contribution >= 4 is 28.2 Å². The van der Waals surface area contributed by atoms with Crippen LogP contribution in [0.5, 0.6) is 0 Å². The van der Waals surface area contributed by atoms with Crippen LogP contribution in [0.1, 0.15) is 35.4 Å². The lowest BCUT2D eigenvalue weighted by molar-refractivity contribution is -0.141. The lowest BCUT2D eigenvalue weighted by atomic mass is 10.2. The van der Waals surface area contributed by atoms with Crippen LogP contribution < -0.4 is 11.2 Å². The Balaban J connectivity index is 3.87. The van der Waals surface area contributed by atoms with E-state index in [1.54, 1.807) is 6.92 Å². The van der Waals surface area contributed by atoms with Crippen LogP contribution in [-0.2, 0) is 17.2 Å². The number of aldehydes is 1. The highest BCUT2D eigenvalue weighted by molar-refractivity contribution is 9.08. The molecule has 7 nitrogen and oxygen atoms in total. The highest BCUT2D eigenvalue weighted by atomic mass is 79.9. The number of aromatic nitrogens is 2. The number of carboxylic acids is 1. The van der Waals surface area contributed by atoms with Crippen molar-refractivity contribution in [3.8, 4) is 0 Å². The highest BCUT2D eigenvalue weighted by Gasteiger charge is 2.25. The molecule has 0 saturated heterocycles. The molecule has 0 amide bonds. The fourth-order valence-corrected chi connectivity index (χ4v) is 2.41. The number of aliphatic carboxylic acids is 1. The molecular weight excluding hydrogens is 320 g/mol. The fraction of sp³-hybridized carbons (Fsp3) is 0.455. The summed E-state index contributed by atoms with van der Waals surface area (Å²) in [6, 6.07) is -1.12. The number of carbonyl (C=O) groups excluding carboxylic acids is 1. The summed E-state index contributed by atoms with van der Waals surface area (Å²) < 4.78 is 1.71. The molecule has 1 aromatic rings. The Hall–Kier alpha value is -1.70. The van der Waals surface area contributed by atoms with Gasteiger partial charge < -0.3 is 5.11 Å². The van der Waals surface area contributed by atoms with Crippen LogP contribution in [0.4, 0.5) is 0 Å². The van der Waals surface area contributed by atoms with Crippen LogP contribution in [0.2, 0.25) is 0 Å². The van der Waals surface area contributed by atoms with Gasteiger partial charge in [0, 0.05) is 12.4 Å². The molecule has 1 heterocycles. The number of nitrogens with zero attached hydrogens (tertiary/aromatic N) is 2. The van der Waals surface area contributed by atoms with Gasteiger partial charge in [-0.2, -0.15) is 0 Å². The van der Waals surface area contributed by atoms with Crippen LogP contribution in [0.15, 0.2) is 9.59 Å². The van der Waals surface area contributed by atoms with Gasteiger partial charge in [0.15, 0.2) is 6.29 Å². The van der Waals surface area contributed by atoms with Gasteiger partial charge in [0.1, 0.15) is 11.6 Å². The van der Waals surface area contributed by atoms with Crippen LogP contribution >= 0.6 is 15.9 Å². The van der Waals surface area contributed by atoms with E-state index in [4.69, 9.17) is 5.11 Å². The van der Waals surface area contributed by atoms with Gasteiger partial charge in [0.05, 0.1) is 5.69 Å². The summed E-state index contributed by atoms with van der Waals surface area (Å²) in [6.07, 6.45) is 0.495. The second kappa shape index (κ2) is 5.96. The maximum atomic E-state index is 12.1. The third-order valence-electron chi connectivity index (χ3n) is 2.86. The van der Waals surface area contributed by atoms with Gasteiger partial charge in [-0.1, -0.05) is 22.9 Å². The van der Waals surface area contributed by atoms with E-state index in [-0.39, 0.29) is 23.0 Å². The first kappa shape index (κ1) is 15.4. The van der Waals surface area contributed by atoms with Gasteiger partial charge in [-0.25, -0.2) is 9.59 Å². The zero-order valence-corrected chi connectivity index (χ0v) is 12.0. The molecule has 0 fully saturated rings. The smallest absolute Gasteiger partial charge is 0.331 e. The predicted octanol–water partition coefficient (Wildman–Crippen LogP) is 0.290. The fourth-order valence-electron chi connectivity index (χ4n) is 1.84. The minimum atomic E-state index is -1.19. The predicted molar refractivity (Wildman–Crippen MR) is 70.9 cm³/mol. The molecule has 0 aliphatic heterocycles. The quantitative estimate of drug-likeness (QED) is 0.617. The minimum absolute atomic E-state index is 0.0379. The zero-order valence-electron chi connectivity index (χ0n) is 10.4. The Labute approximate surface area is 116 Å². The van der Waals surface area contributed by atoms with E-state index in [9.17, 15) is 19.2 Å². The Morgan fingerprint density at radius 2 is 2.05 bits per heavy atom. The normalized spacial score (nSPS) is 12.2. The van der Waals surface area contributed by atoms with Crippen LogP contribution in [0.3, 0.4) is 0 Å². The van der Waals surface area contributed by atoms with E-state index >= 15 is 0 Å². The molecule has 0 saturated carbocycles. The first-order chi connectivity index (χ1) is 8.90. The summed E-state index contributed by atoms with van der Waals surface area (Å²) >= 11 is 3.08. The molecule has 0 aliphatic rings. The summed E-state index contributed by atoms with van der Waals surface area (Å²) in [5.41, 5.74) is -1.61. The summed E-state index contributed by atoms with van der Waals surface area (Å²) in [7, 11) is 1.21. The van der Waals surface area contributed by atoms with Crippen molar-refractivity contribution in [2.75, 3.05) is 0 Å². The van der Waals surface area contributed by atoms with Gasteiger partial charge >= 0.3 is 11.7 Å². The largest absolute Gasteiger partial charge is 0.480 e. The van der Waals surface area contributed by atoms with E-state index in [0.29, 0.717) is 6.29 Å². The molecular formula is C11H13BrN2O5. The molecule has 1 unspecified atom stereocenters. The molecule has 1 N–H and O–H groups in total. The van der Waals surface area contributed by atoms with Gasteiger partial charge in [-0.3, -0.25) is 18.7 Å². The summed E-state index contributed by atoms with van der Waals surface area (Å²) in [5.74, 6) is -1.19. The molecule has 1 atom stereocenters. The molecule has 19 heavy (non-hydrogen) atoms. The molecule has 0 bridgehead atoms. The van der Waals surface area contributed by atoms with Crippen molar-refractivity contribution in [1.29, 1.82) is 0 Å². The van der Waals surface area contributed by atoms with Crippen molar-refractivity contribution in [2.24, 2.45) is 7.05 Å². The molecule has 0 radical (unpaired) electrons. The Morgan fingerprint density at radius 1 is 1.47 bits per heavy atom. The number of carbonyl (C=O) groups is 2. The van der Waals surface area contributed by atoms with Crippen LogP contribution in [0.25, 0.3) is 0 Å². The lowest BCUT2D eigenvalue weighted by Gasteiger charge is -2.19. The minimum Gasteiger partial charge on any atom is -0.480 e. The first-order valence-corrected chi connectivity index (χ1v) is 6.61. The van der Waals surface area contributed by atoms with Crippen molar-refractivity contribution in [3.05, 3.63) is 32.1 Å². The van der Waals surface area contributed by atoms with Crippen LogP contribution in [0, 0.1) is 0 Å². The number of alkyl halides is 1. The Kier molecular flexibility index (Phi) is 4.82. The maximum absolute atomic E-state index is 12.1. The number of hydrogen-bond donors (Lipinski definition) is 1. The first-order valence-electron chi connectivity index (χ1n) is 5.49. The van der Waals surface area contributed by atoms with Crippen molar-refractivity contribution in [3.63, 3.8) is 0 Å². The van der Waals surface area contributed by atoms with E-state index in [0.717, 1.165) is 9.13 Å². The van der Waals surface area contributed by atoms with E-state index in [2.05, 4.69) is 15.9 Å². The zero-order chi connectivity index (χ0) is 14.7. The molecule has 1 rings (SSSR count). The Bertz CT molecular complexity index is 631. The van der Waals surface area contributed by atoms with E-state index in [1.165, 1.54) is 7.05 Å². The van der Waals surface area contributed by atoms with Gasteiger partial charge in [-0.15, -0.1) is 0 Å². The van der Waals surface area contributed by atoms with Gasteiger partial charge in [0.25, 0.3) is 5.56 Å². The maximum Gasteiger partial charge on any atom is 0.331 e. The number of hydrogen-bond acceptors (Lipinski definition) is 4. The Morgan fingerprint density at radius 3 is 2.42 bits per heavy atom. The second-order valence-corrected chi connectivity index (χ2v) is 4.45. The highest BCUT2D eigenvalue weighted by Crippen LogP contribution is 2.15. The molecule has 1 aromatic heterocycles. The van der Waals surface area contributed by atoms with Crippen molar-refractivity contribution in [2.45, 2.75) is 24.7 Å². The average molecular weight is 333 g/mol.